The van der Waals surface area contributed by atoms with Crippen molar-refractivity contribution in [2.45, 2.75) is 0 Å². The second-order valence-electron chi connectivity index (χ2n) is 12.5. The van der Waals surface area contributed by atoms with Crippen molar-refractivity contribution in [1.29, 1.82) is 0 Å². The van der Waals surface area contributed by atoms with Crippen LogP contribution in [0.5, 0.6) is 0 Å². The number of aliphatic carboxylic acids is 6. The Kier molecular flexibility index (Phi) is 40.2. The number of likely N-dealkylation sites (N-methyl/N-ethyl adjacent to an activating group) is 4. The van der Waals surface area contributed by atoms with Crippen molar-refractivity contribution in [2.24, 2.45) is 0 Å². The van der Waals surface area contributed by atoms with E-state index in [-0.39, 0.29) is 195 Å². The number of rotatable bonds is 32. The molecular formula is C32H58Gd2N10O16. The second kappa shape index (κ2) is 37.8. The number of hydrogen-bond acceptors (Lipinski definition) is 16. The molecule has 0 aromatic heterocycles. The minimum absolute atomic E-state index is 0. The SMILES string of the molecule is CNC(=O)CN(CCN(CCN(CC(=O)O)CC(=O)NC)CC(=O)O)CC(=O)O.CNC(=O)CN(CCN(CCN(CC(=O)O)CC(=O)NC)CC(=O)O)CC(=O)O.[Gd].[Gd]. The molecular weight excluding hydrogens is 1090 g/mol. The molecule has 4 amide bonds. The smallest absolute Gasteiger partial charge is 0.317 e. The normalized spacial score (nSPS) is 10.6. The standard InChI is InChI=1S/2C16H29N5O8.2Gd/c2*1-17-12(22)7-20(10-15(26)27)5-3-19(9-14(24)25)4-6-21(11-16(28)29)8-13(23)18-2;;/h2*3-11H2,1-2H3,(H,17,22)(H,18,23)(H,24,25)(H,26,27)(H,28,29);;. The number of amides is 4. The van der Waals surface area contributed by atoms with Gasteiger partial charge in [-0.3, -0.25) is 77.3 Å². The Labute approximate surface area is 411 Å². The first kappa shape index (κ1) is 63.7. The largest absolute Gasteiger partial charge is 0.480 e. The Morgan fingerprint density at radius 1 is 0.283 bits per heavy atom. The average Bonchev–Trinajstić information content (AvgIpc) is 3.11. The second-order valence-corrected chi connectivity index (χ2v) is 12.5. The molecule has 0 atom stereocenters. The fraction of sp³-hybridized carbons (Fsp3) is 0.688. The monoisotopic (exact) mass is 1150 g/mol. The number of carboxylic acids is 6. The minimum atomic E-state index is -1.13. The molecule has 0 bridgehead atoms. The molecule has 28 heteroatoms. The van der Waals surface area contributed by atoms with Gasteiger partial charge in [0.2, 0.25) is 23.6 Å². The summed E-state index contributed by atoms with van der Waals surface area (Å²) in [6.45, 7) is -1.94. The molecule has 0 aliphatic carbocycles. The molecule has 0 saturated heterocycles. The predicted octanol–water partition coefficient (Wildman–Crippen LogP) is -6.72. The first-order valence-electron chi connectivity index (χ1n) is 17.6. The summed E-state index contributed by atoms with van der Waals surface area (Å²) in [7, 11) is 5.67. The first-order valence-corrected chi connectivity index (χ1v) is 17.6. The number of carboxylic acid groups (broad SMARTS) is 6. The summed E-state index contributed by atoms with van der Waals surface area (Å²) in [5.41, 5.74) is 0. The summed E-state index contributed by atoms with van der Waals surface area (Å²) in [5, 5.41) is 63.6. The number of carbonyl (C=O) groups excluding carboxylic acids is 4. The van der Waals surface area contributed by atoms with E-state index < -0.39 is 62.0 Å². The summed E-state index contributed by atoms with van der Waals surface area (Å²) < 4.78 is 0. The fourth-order valence-corrected chi connectivity index (χ4v) is 4.80. The van der Waals surface area contributed by atoms with Crippen molar-refractivity contribution in [3.05, 3.63) is 0 Å². The van der Waals surface area contributed by atoms with Crippen LogP contribution in [0.15, 0.2) is 0 Å². The quantitative estimate of drug-likeness (QED) is 0.0299. The van der Waals surface area contributed by atoms with Crippen LogP contribution < -0.4 is 21.3 Å². The molecule has 60 heavy (non-hydrogen) atoms. The van der Waals surface area contributed by atoms with E-state index in [1.54, 1.807) is 0 Å². The maximum Gasteiger partial charge on any atom is 0.317 e. The van der Waals surface area contributed by atoms with Gasteiger partial charge in [-0.15, -0.1) is 0 Å². The van der Waals surface area contributed by atoms with Crippen LogP contribution in [0, 0.1) is 79.9 Å². The third-order valence-corrected chi connectivity index (χ3v) is 7.67. The van der Waals surface area contributed by atoms with Crippen molar-refractivity contribution in [2.75, 3.05) is 146 Å². The van der Waals surface area contributed by atoms with Crippen LogP contribution >= 0.6 is 0 Å². The molecule has 0 aliphatic heterocycles. The van der Waals surface area contributed by atoms with Gasteiger partial charge in [-0.1, -0.05) is 0 Å². The molecule has 26 nitrogen and oxygen atoms in total. The molecule has 0 fully saturated rings. The van der Waals surface area contributed by atoms with Gasteiger partial charge < -0.3 is 51.9 Å². The third-order valence-electron chi connectivity index (χ3n) is 7.67. The van der Waals surface area contributed by atoms with Crippen molar-refractivity contribution in [3.63, 3.8) is 0 Å². The van der Waals surface area contributed by atoms with Gasteiger partial charge in [-0.05, 0) is 0 Å². The first-order chi connectivity index (χ1) is 27.1. The van der Waals surface area contributed by atoms with Crippen molar-refractivity contribution >= 4 is 59.4 Å². The Bertz CT molecular complexity index is 1200. The molecule has 0 rings (SSSR count). The van der Waals surface area contributed by atoms with Gasteiger partial charge >= 0.3 is 35.8 Å². The molecule has 348 valence electrons. The van der Waals surface area contributed by atoms with E-state index in [0.29, 0.717) is 0 Å². The number of nitrogens with zero attached hydrogens (tertiary/aromatic N) is 6. The van der Waals surface area contributed by atoms with Crippen LogP contribution in [0.25, 0.3) is 0 Å². The molecule has 0 heterocycles. The summed E-state index contributed by atoms with van der Waals surface area (Å²) in [6.07, 6.45) is 0. The van der Waals surface area contributed by atoms with Crippen LogP contribution in [0.3, 0.4) is 0 Å². The molecule has 10 N–H and O–H groups in total. The Hall–Kier alpha value is -2.89. The van der Waals surface area contributed by atoms with Gasteiger partial charge in [0.05, 0.1) is 65.4 Å². The molecule has 0 saturated carbocycles. The Balaban J connectivity index is -0.000000506. The topological polar surface area (TPSA) is 360 Å². The van der Waals surface area contributed by atoms with Crippen LogP contribution in [0.1, 0.15) is 0 Å². The maximum absolute atomic E-state index is 11.5. The van der Waals surface area contributed by atoms with Crippen molar-refractivity contribution < 1.29 is 158 Å². The van der Waals surface area contributed by atoms with E-state index in [1.807, 2.05) is 0 Å². The molecule has 0 aliphatic rings. The number of hydrogen-bond donors (Lipinski definition) is 10. The van der Waals surface area contributed by atoms with E-state index in [2.05, 4.69) is 21.3 Å². The molecule has 0 spiro atoms. The van der Waals surface area contributed by atoms with E-state index in [9.17, 15) is 47.9 Å². The van der Waals surface area contributed by atoms with E-state index in [4.69, 9.17) is 30.6 Å². The van der Waals surface area contributed by atoms with Crippen LogP contribution in [-0.2, 0) is 47.9 Å². The van der Waals surface area contributed by atoms with Gasteiger partial charge in [-0.25, -0.2) is 0 Å². The number of carbonyl (C=O) groups is 10. The van der Waals surface area contributed by atoms with Gasteiger partial charge in [0.1, 0.15) is 0 Å². The molecule has 0 radical (unpaired) electrons. The van der Waals surface area contributed by atoms with Crippen molar-refractivity contribution in [3.8, 4) is 0 Å². The molecule has 0 aromatic carbocycles. The van der Waals surface area contributed by atoms with Crippen LogP contribution in [0.2, 0.25) is 0 Å². The predicted molar refractivity (Wildman–Crippen MR) is 201 cm³/mol. The van der Waals surface area contributed by atoms with Gasteiger partial charge in [0.15, 0.2) is 0 Å². The maximum atomic E-state index is 11.5. The van der Waals surface area contributed by atoms with Crippen molar-refractivity contribution in [1.82, 2.24) is 50.7 Å². The van der Waals surface area contributed by atoms with Gasteiger partial charge in [0.25, 0.3) is 0 Å². The van der Waals surface area contributed by atoms with E-state index in [1.165, 1.54) is 57.6 Å². The zero-order chi connectivity index (χ0) is 44.8. The fourth-order valence-electron chi connectivity index (χ4n) is 4.80. The Morgan fingerprint density at radius 2 is 0.417 bits per heavy atom. The van der Waals surface area contributed by atoms with Crippen LogP contribution in [0.4, 0.5) is 0 Å². The van der Waals surface area contributed by atoms with E-state index in [0.717, 1.165) is 0 Å². The van der Waals surface area contributed by atoms with E-state index >= 15 is 0 Å². The van der Waals surface area contributed by atoms with Gasteiger partial charge in [-0.2, -0.15) is 0 Å². The third kappa shape index (κ3) is 38.1. The summed E-state index contributed by atoms with van der Waals surface area (Å²) in [5.74, 6) is -8.26. The summed E-state index contributed by atoms with van der Waals surface area (Å²) in [6, 6.07) is 0. The summed E-state index contributed by atoms with van der Waals surface area (Å²) in [4.78, 5) is 121. The average molecular weight is 1150 g/mol. The number of nitrogens with one attached hydrogen (secondary N) is 4. The Morgan fingerprint density at radius 3 is 0.550 bits per heavy atom. The zero-order valence-corrected chi connectivity index (χ0v) is 38.4. The molecule has 0 unspecified atom stereocenters. The van der Waals surface area contributed by atoms with Crippen LogP contribution in [-0.4, -0.2) is 265 Å². The molecule has 0 aromatic rings. The zero-order valence-electron chi connectivity index (χ0n) is 33.9. The minimum Gasteiger partial charge on any atom is -0.480 e. The van der Waals surface area contributed by atoms with Gasteiger partial charge in [0, 0.05) is 160 Å². The summed E-state index contributed by atoms with van der Waals surface area (Å²) >= 11 is 0.